The van der Waals surface area contributed by atoms with Crippen LogP contribution in [0.2, 0.25) is 0 Å². The molecule has 0 aliphatic heterocycles. The van der Waals surface area contributed by atoms with Gasteiger partial charge in [-0.15, -0.1) is 0 Å². The quantitative estimate of drug-likeness (QED) is 0.716. The third-order valence-corrected chi connectivity index (χ3v) is 3.71. The first-order valence-corrected chi connectivity index (χ1v) is 8.39. The van der Waals surface area contributed by atoms with Crippen LogP contribution in [0.3, 0.4) is 0 Å². The molecule has 2 aromatic carbocycles. The van der Waals surface area contributed by atoms with Crippen molar-refractivity contribution < 1.29 is 28.5 Å². The number of carbonyl (C=O) groups excluding carboxylic acids is 2. The highest BCUT2D eigenvalue weighted by Gasteiger charge is 2.24. The summed E-state index contributed by atoms with van der Waals surface area (Å²) < 4.78 is 21.1. The Morgan fingerprint density at radius 3 is 2.22 bits per heavy atom. The molecule has 0 radical (unpaired) electrons. The minimum Gasteiger partial charge on any atom is -0.497 e. The van der Waals surface area contributed by atoms with Crippen LogP contribution in [0.5, 0.6) is 17.2 Å². The van der Waals surface area contributed by atoms with Gasteiger partial charge in [-0.3, -0.25) is 4.79 Å². The van der Waals surface area contributed by atoms with Gasteiger partial charge < -0.3 is 24.3 Å². The minimum absolute atomic E-state index is 0.415. The fourth-order valence-corrected chi connectivity index (χ4v) is 2.22. The monoisotopic (exact) mass is 373 g/mol. The van der Waals surface area contributed by atoms with Gasteiger partial charge in [-0.25, -0.2) is 4.79 Å². The Labute approximate surface area is 158 Å². The zero-order valence-electron chi connectivity index (χ0n) is 15.7. The summed E-state index contributed by atoms with van der Waals surface area (Å²) in [6.07, 6.45) is -1.87. The molecule has 2 atom stereocenters. The Morgan fingerprint density at radius 1 is 0.889 bits per heavy atom. The largest absolute Gasteiger partial charge is 0.497 e. The minimum atomic E-state index is -1.02. The number of para-hydroxylation sites is 1. The highest BCUT2D eigenvalue weighted by atomic mass is 16.6. The van der Waals surface area contributed by atoms with Crippen molar-refractivity contribution in [1.82, 2.24) is 0 Å². The molecule has 0 bridgehead atoms. The molecule has 1 amide bonds. The van der Waals surface area contributed by atoms with Crippen molar-refractivity contribution >= 4 is 17.6 Å². The summed E-state index contributed by atoms with van der Waals surface area (Å²) in [6.45, 7) is 3.04. The molecule has 144 valence electrons. The topological polar surface area (TPSA) is 83.1 Å². The summed E-state index contributed by atoms with van der Waals surface area (Å²) in [5.41, 5.74) is 0.415. The second-order valence-corrected chi connectivity index (χ2v) is 5.71. The van der Waals surface area contributed by atoms with Crippen LogP contribution in [0.15, 0.2) is 48.5 Å². The van der Waals surface area contributed by atoms with Crippen molar-refractivity contribution in [3.63, 3.8) is 0 Å². The molecular formula is C20H23NO6. The summed E-state index contributed by atoms with van der Waals surface area (Å²) in [5.74, 6) is 0.421. The van der Waals surface area contributed by atoms with Crippen LogP contribution in [-0.4, -0.2) is 38.3 Å². The molecule has 1 N–H and O–H groups in total. The number of esters is 1. The van der Waals surface area contributed by atoms with Crippen molar-refractivity contribution in [2.45, 2.75) is 26.1 Å². The molecule has 2 unspecified atom stereocenters. The molecule has 0 aromatic heterocycles. The maximum atomic E-state index is 12.4. The Kier molecular flexibility index (Phi) is 7.05. The fourth-order valence-electron chi connectivity index (χ4n) is 2.22. The van der Waals surface area contributed by atoms with Crippen LogP contribution in [0.1, 0.15) is 13.8 Å². The van der Waals surface area contributed by atoms with Gasteiger partial charge in [0.05, 0.1) is 19.9 Å². The molecule has 0 saturated heterocycles. The number of ether oxygens (including phenoxy) is 4. The lowest BCUT2D eigenvalue weighted by atomic mass is 10.2. The molecule has 0 saturated carbocycles. The summed E-state index contributed by atoms with van der Waals surface area (Å²) in [4.78, 5) is 24.5. The third-order valence-electron chi connectivity index (χ3n) is 3.71. The van der Waals surface area contributed by atoms with E-state index in [1.807, 2.05) is 6.07 Å². The van der Waals surface area contributed by atoms with Crippen LogP contribution in [0.4, 0.5) is 5.69 Å². The maximum absolute atomic E-state index is 12.4. The number of rotatable bonds is 8. The number of amides is 1. The third kappa shape index (κ3) is 5.64. The Hall–Kier alpha value is -3.22. The summed E-state index contributed by atoms with van der Waals surface area (Å²) >= 11 is 0. The first-order chi connectivity index (χ1) is 12.9. The molecule has 0 aliphatic rings. The van der Waals surface area contributed by atoms with Gasteiger partial charge in [0.2, 0.25) is 0 Å². The van der Waals surface area contributed by atoms with E-state index in [4.69, 9.17) is 18.9 Å². The molecule has 2 aromatic rings. The fraction of sp³-hybridized carbons (Fsp3) is 0.300. The second kappa shape index (κ2) is 9.47. The SMILES string of the molecule is COc1ccc(OC)c(NC(=O)C(C)OC(=O)C(C)Oc2ccccc2)c1. The molecule has 0 spiro atoms. The van der Waals surface area contributed by atoms with Crippen LogP contribution in [0, 0.1) is 0 Å². The predicted octanol–water partition coefficient (Wildman–Crippen LogP) is 3.04. The van der Waals surface area contributed by atoms with E-state index < -0.39 is 24.1 Å². The molecular weight excluding hydrogens is 350 g/mol. The van der Waals surface area contributed by atoms with Crippen molar-refractivity contribution in [3.8, 4) is 17.2 Å². The summed E-state index contributed by atoms with van der Waals surface area (Å²) in [5, 5.41) is 2.67. The van der Waals surface area contributed by atoms with Gasteiger partial charge in [0.25, 0.3) is 5.91 Å². The number of benzene rings is 2. The zero-order valence-corrected chi connectivity index (χ0v) is 15.7. The molecule has 0 fully saturated rings. The van der Waals surface area contributed by atoms with Crippen molar-refractivity contribution in [2.75, 3.05) is 19.5 Å². The average Bonchev–Trinajstić information content (AvgIpc) is 2.68. The molecule has 27 heavy (non-hydrogen) atoms. The average molecular weight is 373 g/mol. The number of carbonyl (C=O) groups is 2. The van der Waals surface area contributed by atoms with Gasteiger partial charge in [0.15, 0.2) is 12.2 Å². The Balaban J connectivity index is 1.96. The van der Waals surface area contributed by atoms with Crippen LogP contribution in [-0.2, 0) is 14.3 Å². The van der Waals surface area contributed by atoms with Crippen molar-refractivity contribution in [2.24, 2.45) is 0 Å². The lowest BCUT2D eigenvalue weighted by Crippen LogP contribution is -2.35. The molecule has 0 heterocycles. The number of nitrogens with one attached hydrogen (secondary N) is 1. The highest BCUT2D eigenvalue weighted by Crippen LogP contribution is 2.29. The van der Waals surface area contributed by atoms with E-state index >= 15 is 0 Å². The first-order valence-electron chi connectivity index (χ1n) is 8.39. The van der Waals surface area contributed by atoms with Gasteiger partial charge >= 0.3 is 5.97 Å². The zero-order chi connectivity index (χ0) is 19.8. The standard InChI is InChI=1S/C20H23NO6/c1-13(27-20(23)14(2)26-15-8-6-5-7-9-15)19(22)21-17-12-16(24-3)10-11-18(17)25-4/h5-14H,1-4H3,(H,21,22). The van der Waals surface area contributed by atoms with Gasteiger partial charge in [-0.1, -0.05) is 18.2 Å². The van der Waals surface area contributed by atoms with E-state index in [1.165, 1.54) is 21.1 Å². The molecule has 7 heteroatoms. The van der Waals surface area contributed by atoms with Crippen molar-refractivity contribution in [3.05, 3.63) is 48.5 Å². The summed E-state index contributed by atoms with van der Waals surface area (Å²) in [6, 6.07) is 13.9. The van der Waals surface area contributed by atoms with Gasteiger partial charge in [-0.2, -0.15) is 0 Å². The number of hydrogen-bond donors (Lipinski definition) is 1. The van der Waals surface area contributed by atoms with Crippen molar-refractivity contribution in [1.29, 1.82) is 0 Å². The van der Waals surface area contributed by atoms with Gasteiger partial charge in [0, 0.05) is 6.07 Å². The predicted molar refractivity (Wildman–Crippen MR) is 100 cm³/mol. The van der Waals surface area contributed by atoms with E-state index in [0.717, 1.165) is 0 Å². The van der Waals surface area contributed by atoms with Crippen LogP contribution < -0.4 is 19.5 Å². The smallest absolute Gasteiger partial charge is 0.347 e. The van der Waals surface area contributed by atoms with E-state index in [1.54, 1.807) is 49.4 Å². The van der Waals surface area contributed by atoms with E-state index in [9.17, 15) is 9.59 Å². The number of hydrogen-bond acceptors (Lipinski definition) is 6. The maximum Gasteiger partial charge on any atom is 0.347 e. The van der Waals surface area contributed by atoms with E-state index in [-0.39, 0.29) is 0 Å². The van der Waals surface area contributed by atoms with Gasteiger partial charge in [0.1, 0.15) is 17.2 Å². The molecule has 7 nitrogen and oxygen atoms in total. The lowest BCUT2D eigenvalue weighted by molar-refractivity contribution is -0.159. The lowest BCUT2D eigenvalue weighted by Gasteiger charge is -2.18. The Bertz CT molecular complexity index is 777. The molecule has 0 aliphatic carbocycles. The summed E-state index contributed by atoms with van der Waals surface area (Å²) in [7, 11) is 3.01. The highest BCUT2D eigenvalue weighted by molar-refractivity contribution is 5.96. The number of anilines is 1. The van der Waals surface area contributed by atoms with E-state index in [0.29, 0.717) is 22.9 Å². The number of methoxy groups -OCH3 is 2. The van der Waals surface area contributed by atoms with E-state index in [2.05, 4.69) is 5.32 Å². The van der Waals surface area contributed by atoms with Crippen LogP contribution in [0.25, 0.3) is 0 Å². The first kappa shape index (κ1) is 20.1. The molecule has 2 rings (SSSR count). The van der Waals surface area contributed by atoms with Gasteiger partial charge in [-0.05, 0) is 38.1 Å². The second-order valence-electron chi connectivity index (χ2n) is 5.71. The van der Waals surface area contributed by atoms with Crippen LogP contribution >= 0.6 is 0 Å². The Morgan fingerprint density at radius 2 is 1.59 bits per heavy atom. The normalized spacial score (nSPS) is 12.4.